The number of H-pyrrole nitrogens is 1. The maximum Gasteiger partial charge on any atom is 0.160 e. The van der Waals surface area contributed by atoms with Crippen LogP contribution in [0.25, 0.3) is 34.2 Å². The Labute approximate surface area is 199 Å². The Morgan fingerprint density at radius 3 is 2.44 bits per heavy atom. The molecule has 174 valence electrons. The van der Waals surface area contributed by atoms with Gasteiger partial charge in [-0.15, -0.1) is 10.2 Å². The zero-order valence-corrected chi connectivity index (χ0v) is 20.1. The van der Waals surface area contributed by atoms with Crippen molar-refractivity contribution < 1.29 is 4.39 Å². The molecule has 0 atom stereocenters. The maximum absolute atomic E-state index is 15.3. The molecule has 0 amide bonds. The van der Waals surface area contributed by atoms with Crippen molar-refractivity contribution in [3.63, 3.8) is 0 Å². The molecule has 0 unspecified atom stereocenters. The van der Waals surface area contributed by atoms with Crippen molar-refractivity contribution in [2.75, 3.05) is 38.1 Å². The molecule has 0 radical (unpaired) electrons. The van der Waals surface area contributed by atoms with E-state index in [0.717, 1.165) is 48.6 Å². The summed E-state index contributed by atoms with van der Waals surface area (Å²) < 4.78 is 15.3. The third-order valence-corrected chi connectivity index (χ3v) is 6.66. The lowest BCUT2D eigenvalue weighted by Crippen LogP contribution is -2.45. The summed E-state index contributed by atoms with van der Waals surface area (Å²) in [5.41, 5.74) is 8.21. The van der Waals surface area contributed by atoms with Crippen LogP contribution in [0.4, 0.5) is 10.1 Å². The fourth-order valence-corrected chi connectivity index (χ4v) is 4.73. The van der Waals surface area contributed by atoms with Crippen LogP contribution in [0.3, 0.4) is 0 Å². The van der Waals surface area contributed by atoms with Crippen LogP contribution in [0.2, 0.25) is 0 Å². The highest BCUT2D eigenvalue weighted by Gasteiger charge is 2.19. The zero-order chi connectivity index (χ0) is 23.8. The molecule has 0 saturated carbocycles. The van der Waals surface area contributed by atoms with Crippen molar-refractivity contribution in [3.05, 3.63) is 70.7 Å². The first-order valence-corrected chi connectivity index (χ1v) is 11.6. The van der Waals surface area contributed by atoms with Crippen molar-refractivity contribution in [2.45, 2.75) is 20.8 Å². The molecule has 1 aromatic carbocycles. The lowest BCUT2D eigenvalue weighted by Gasteiger charge is -2.36. The number of aryl methyl sites for hydroxylation is 3. The van der Waals surface area contributed by atoms with Gasteiger partial charge in [0, 0.05) is 67.0 Å². The number of pyridine rings is 1. The fourth-order valence-electron chi connectivity index (χ4n) is 4.73. The predicted molar refractivity (Wildman–Crippen MR) is 136 cm³/mol. The van der Waals surface area contributed by atoms with E-state index in [1.807, 2.05) is 19.1 Å². The molecule has 4 heterocycles. The van der Waals surface area contributed by atoms with E-state index in [4.69, 9.17) is 0 Å². The molecule has 1 aliphatic heterocycles. The molecule has 34 heavy (non-hydrogen) atoms. The monoisotopic (exact) mass is 456 g/mol. The van der Waals surface area contributed by atoms with Crippen LogP contribution in [-0.2, 0) is 0 Å². The summed E-state index contributed by atoms with van der Waals surface area (Å²) in [4.78, 5) is 12.0. The molecule has 1 fully saturated rings. The van der Waals surface area contributed by atoms with Crippen molar-refractivity contribution in [1.29, 1.82) is 0 Å². The first-order chi connectivity index (χ1) is 16.4. The lowest BCUT2D eigenvalue weighted by molar-refractivity contribution is 0.312. The summed E-state index contributed by atoms with van der Waals surface area (Å²) in [6.07, 6.45) is 6.54. The Balaban J connectivity index is 1.51. The number of benzene rings is 1. The quantitative estimate of drug-likeness (QED) is 0.459. The number of fused-ring (bicyclic) bond motifs is 1. The van der Waals surface area contributed by atoms with Gasteiger partial charge in [-0.3, -0.25) is 4.98 Å². The Kier molecular flexibility index (Phi) is 5.87. The molecule has 6 nitrogen and oxygen atoms in total. The van der Waals surface area contributed by atoms with E-state index >= 15 is 4.39 Å². The van der Waals surface area contributed by atoms with Gasteiger partial charge in [0.25, 0.3) is 0 Å². The summed E-state index contributed by atoms with van der Waals surface area (Å²) in [5.74, 6) is -0.334. The van der Waals surface area contributed by atoms with E-state index in [2.05, 4.69) is 63.0 Å². The van der Waals surface area contributed by atoms with Gasteiger partial charge in [0.1, 0.15) is 5.83 Å². The van der Waals surface area contributed by atoms with Gasteiger partial charge < -0.3 is 14.8 Å². The second-order valence-corrected chi connectivity index (χ2v) is 9.17. The van der Waals surface area contributed by atoms with Gasteiger partial charge in [0.15, 0.2) is 5.65 Å². The normalized spacial score (nSPS) is 15.3. The number of aromatic nitrogens is 4. The average molecular weight is 457 g/mol. The minimum atomic E-state index is -0.334. The number of piperazine rings is 1. The molecule has 1 saturated heterocycles. The fraction of sp³-hybridized carbons (Fsp3) is 0.296. The van der Waals surface area contributed by atoms with Gasteiger partial charge in [-0.05, 0) is 80.4 Å². The zero-order valence-electron chi connectivity index (χ0n) is 20.1. The topological polar surface area (TPSA) is 60.9 Å². The molecular weight excluding hydrogens is 427 g/mol. The van der Waals surface area contributed by atoms with Crippen LogP contribution < -0.4 is 4.90 Å². The third-order valence-electron chi connectivity index (χ3n) is 6.66. The van der Waals surface area contributed by atoms with E-state index in [0.29, 0.717) is 16.6 Å². The van der Waals surface area contributed by atoms with Gasteiger partial charge in [-0.1, -0.05) is 0 Å². The number of hydrogen-bond donors (Lipinski definition) is 1. The second-order valence-electron chi connectivity index (χ2n) is 9.17. The van der Waals surface area contributed by atoms with Crippen molar-refractivity contribution in [1.82, 2.24) is 25.1 Å². The number of nitrogens with one attached hydrogen (secondary N) is 1. The Bertz CT molecular complexity index is 1360. The second kappa shape index (κ2) is 8.99. The van der Waals surface area contributed by atoms with E-state index in [1.165, 1.54) is 22.9 Å². The van der Waals surface area contributed by atoms with Gasteiger partial charge in [0.2, 0.25) is 0 Å². The Morgan fingerprint density at radius 1 is 1.00 bits per heavy atom. The molecule has 3 aromatic heterocycles. The van der Waals surface area contributed by atoms with E-state index < -0.39 is 0 Å². The number of halogens is 1. The molecular formula is C27H29FN6. The van der Waals surface area contributed by atoms with E-state index in [-0.39, 0.29) is 5.83 Å². The highest BCUT2D eigenvalue weighted by atomic mass is 19.1. The molecule has 0 aliphatic carbocycles. The van der Waals surface area contributed by atoms with Crippen LogP contribution in [0.15, 0.2) is 42.9 Å². The Hall–Kier alpha value is -3.58. The third kappa shape index (κ3) is 4.19. The predicted octanol–water partition coefficient (Wildman–Crippen LogP) is 5.16. The standard InChI is InChI=1S/C27H29FN6/c1-17-5-6-29-15-21(17)13-24(28)23-16-30-27-22(23)14-25(31-32-27)20-11-18(2)26(19(3)12-20)34-9-7-33(4)8-10-34/h5-6,11-16H,7-10H2,1-4H3,(H,30,32)/b24-13-. The van der Waals surface area contributed by atoms with Crippen LogP contribution in [-0.4, -0.2) is 58.3 Å². The largest absolute Gasteiger partial charge is 0.369 e. The Morgan fingerprint density at radius 2 is 1.74 bits per heavy atom. The number of likely N-dealkylation sites (N-methyl/N-ethyl adjacent to an activating group) is 1. The van der Waals surface area contributed by atoms with E-state index in [1.54, 1.807) is 18.6 Å². The first-order valence-electron chi connectivity index (χ1n) is 11.6. The molecule has 1 aliphatic rings. The smallest absolute Gasteiger partial charge is 0.160 e. The van der Waals surface area contributed by atoms with Gasteiger partial charge in [-0.2, -0.15) is 0 Å². The number of anilines is 1. The van der Waals surface area contributed by atoms with Crippen LogP contribution in [0, 0.1) is 20.8 Å². The summed E-state index contributed by atoms with van der Waals surface area (Å²) in [6, 6.07) is 8.11. The molecule has 0 spiro atoms. The van der Waals surface area contributed by atoms with Crippen LogP contribution in [0.1, 0.15) is 27.8 Å². The molecule has 1 N–H and O–H groups in total. The maximum atomic E-state index is 15.3. The molecule has 0 bridgehead atoms. The van der Waals surface area contributed by atoms with Crippen molar-refractivity contribution in [2.24, 2.45) is 0 Å². The minimum Gasteiger partial charge on any atom is -0.369 e. The first kappa shape index (κ1) is 22.2. The average Bonchev–Trinajstić information content (AvgIpc) is 3.25. The number of hydrogen-bond acceptors (Lipinski definition) is 5. The summed E-state index contributed by atoms with van der Waals surface area (Å²) in [7, 11) is 2.17. The highest BCUT2D eigenvalue weighted by Crippen LogP contribution is 2.33. The summed E-state index contributed by atoms with van der Waals surface area (Å²) in [6.45, 7) is 10.4. The number of aromatic amines is 1. The molecule has 7 heteroatoms. The summed E-state index contributed by atoms with van der Waals surface area (Å²) in [5, 5.41) is 9.47. The van der Waals surface area contributed by atoms with Gasteiger partial charge in [0.05, 0.1) is 5.69 Å². The van der Waals surface area contributed by atoms with E-state index in [9.17, 15) is 0 Å². The molecule has 4 aromatic rings. The van der Waals surface area contributed by atoms with Crippen LogP contribution >= 0.6 is 0 Å². The summed E-state index contributed by atoms with van der Waals surface area (Å²) >= 11 is 0. The van der Waals surface area contributed by atoms with Gasteiger partial charge in [-0.25, -0.2) is 4.39 Å². The van der Waals surface area contributed by atoms with Crippen molar-refractivity contribution in [3.8, 4) is 11.3 Å². The number of nitrogens with zero attached hydrogens (tertiary/aromatic N) is 5. The SMILES string of the molecule is Cc1ccncc1/C=C(\F)c1c[nH]c2nnc(-c3cc(C)c(N4CCN(C)CC4)c(C)c3)cc12. The highest BCUT2D eigenvalue weighted by molar-refractivity contribution is 5.94. The molecule has 5 rings (SSSR count). The lowest BCUT2D eigenvalue weighted by atomic mass is 10.00. The van der Waals surface area contributed by atoms with Gasteiger partial charge >= 0.3 is 0 Å². The van der Waals surface area contributed by atoms with Crippen LogP contribution in [0.5, 0.6) is 0 Å². The minimum absolute atomic E-state index is 0.334. The number of rotatable bonds is 4. The van der Waals surface area contributed by atoms with Crippen molar-refractivity contribution >= 4 is 28.6 Å².